The van der Waals surface area contributed by atoms with E-state index in [9.17, 15) is 4.79 Å². The van der Waals surface area contributed by atoms with Gasteiger partial charge in [-0.1, -0.05) is 135 Å². The van der Waals surface area contributed by atoms with Crippen LogP contribution in [0.4, 0.5) is 5.13 Å². The molecular weight excluding hydrogens is 607 g/mol. The first-order valence-electron chi connectivity index (χ1n) is 16.7. The monoisotopic (exact) mass is 649 g/mol. The number of ether oxygens (including phenoxy) is 1. The minimum atomic E-state index is -0.762. The van der Waals surface area contributed by atoms with Crippen molar-refractivity contribution in [2.75, 3.05) is 12.4 Å². The van der Waals surface area contributed by atoms with Crippen LogP contribution in [0.3, 0.4) is 0 Å². The van der Waals surface area contributed by atoms with E-state index in [0.717, 1.165) is 68.1 Å². The number of hydrogen-bond acceptors (Lipinski definition) is 8. The first kappa shape index (κ1) is 32.4. The van der Waals surface area contributed by atoms with Gasteiger partial charge >= 0.3 is 5.97 Å². The maximum absolute atomic E-state index is 13.8. The van der Waals surface area contributed by atoms with Crippen LogP contribution in [0, 0.1) is 0 Å². The number of oxime groups is 1. The molecule has 0 aliphatic heterocycles. The number of nitrogens with zero attached hydrogens (tertiary/aromatic N) is 3. The standard InChI is InChI=1S/C38H43N5O3S/c1-45-43-34(35(44)46-36(39-31-23-13-5-14-24-31)40-32-25-15-6-16-26-32)33-27-47-37(41-33)42-38(28-17-7-2-8-18-28,29-19-9-3-10-20-29)30-21-11-4-12-22-30/h2-4,7-12,17-22,27,31-32H,5-6,13-16,23-26H2,1H3,(H,39,40)(H,41,42)/b43-34+. The van der Waals surface area contributed by atoms with Gasteiger partial charge in [0.1, 0.15) is 18.3 Å². The number of hydrogen-bond donors (Lipinski definition) is 2. The Kier molecular flexibility index (Phi) is 11.0. The minimum Gasteiger partial charge on any atom is -0.398 e. The zero-order valence-corrected chi connectivity index (χ0v) is 27.8. The smallest absolute Gasteiger partial charge is 0.370 e. The van der Waals surface area contributed by atoms with Gasteiger partial charge in [-0.3, -0.25) is 0 Å². The Morgan fingerprint density at radius 1 is 0.787 bits per heavy atom. The van der Waals surface area contributed by atoms with Crippen LogP contribution in [0.5, 0.6) is 0 Å². The molecule has 8 nitrogen and oxygen atoms in total. The van der Waals surface area contributed by atoms with E-state index in [1.807, 2.05) is 54.6 Å². The van der Waals surface area contributed by atoms with Crippen LogP contribution in [0.25, 0.3) is 0 Å². The molecule has 47 heavy (non-hydrogen) atoms. The number of rotatable bonds is 10. The molecule has 9 heteroatoms. The fourth-order valence-electron chi connectivity index (χ4n) is 6.69. The van der Waals surface area contributed by atoms with Gasteiger partial charge < -0.3 is 20.2 Å². The van der Waals surface area contributed by atoms with Crippen LogP contribution in [-0.2, 0) is 19.9 Å². The largest absolute Gasteiger partial charge is 0.398 e. The topological polar surface area (TPSA) is 97.2 Å². The number of carbonyl (C=O) groups is 1. The molecule has 2 aliphatic carbocycles. The SMILES string of the molecule is CO/N=C(/C(=O)OC(=NC1CCCCC1)NC1CCCCC1)c1csc(NC(c2ccccc2)(c2ccccc2)c2ccccc2)n1. The normalized spacial score (nSPS) is 16.8. The van der Waals surface area contributed by atoms with Crippen LogP contribution in [0.15, 0.2) is 107 Å². The Morgan fingerprint density at radius 2 is 1.32 bits per heavy atom. The molecule has 2 aliphatic rings. The summed E-state index contributed by atoms with van der Waals surface area (Å²) in [6, 6.07) is 31.6. The molecule has 244 valence electrons. The average molecular weight is 650 g/mol. The zero-order valence-electron chi connectivity index (χ0n) is 26.9. The van der Waals surface area contributed by atoms with Crippen molar-refractivity contribution in [1.82, 2.24) is 10.3 Å². The quantitative estimate of drug-likeness (QED) is 0.0593. The van der Waals surface area contributed by atoms with E-state index in [2.05, 4.69) is 52.2 Å². The van der Waals surface area contributed by atoms with Crippen LogP contribution in [-0.4, -0.2) is 41.9 Å². The van der Waals surface area contributed by atoms with Crippen molar-refractivity contribution in [3.8, 4) is 0 Å². The first-order valence-corrected chi connectivity index (χ1v) is 17.6. The number of anilines is 1. The second-order valence-corrected chi connectivity index (χ2v) is 13.1. The van der Waals surface area contributed by atoms with E-state index in [4.69, 9.17) is 19.6 Å². The highest BCUT2D eigenvalue weighted by atomic mass is 32.1. The van der Waals surface area contributed by atoms with Crippen molar-refractivity contribution in [1.29, 1.82) is 0 Å². The Balaban J connectivity index is 1.31. The molecule has 2 saturated carbocycles. The van der Waals surface area contributed by atoms with Crippen LogP contribution in [0.2, 0.25) is 0 Å². The van der Waals surface area contributed by atoms with E-state index >= 15 is 0 Å². The number of carbonyl (C=O) groups excluding carboxylic acids is 1. The van der Waals surface area contributed by atoms with Crippen LogP contribution < -0.4 is 10.6 Å². The van der Waals surface area contributed by atoms with Gasteiger partial charge in [-0.2, -0.15) is 0 Å². The fourth-order valence-corrected chi connectivity index (χ4v) is 7.44. The van der Waals surface area contributed by atoms with Gasteiger partial charge in [0, 0.05) is 11.4 Å². The molecule has 0 spiro atoms. The molecule has 3 aromatic carbocycles. The van der Waals surface area contributed by atoms with Crippen molar-refractivity contribution >= 4 is 34.2 Å². The van der Waals surface area contributed by atoms with Gasteiger partial charge in [0.15, 0.2) is 5.13 Å². The third-order valence-electron chi connectivity index (χ3n) is 9.03. The highest BCUT2D eigenvalue weighted by Gasteiger charge is 2.37. The number of esters is 1. The number of thiazole rings is 1. The molecular formula is C38H43N5O3S. The number of nitrogens with one attached hydrogen (secondary N) is 2. The Bertz CT molecular complexity index is 1530. The molecule has 1 aromatic heterocycles. The Hall–Kier alpha value is -4.50. The van der Waals surface area contributed by atoms with Gasteiger partial charge in [0.25, 0.3) is 6.02 Å². The molecule has 6 rings (SSSR count). The van der Waals surface area contributed by atoms with E-state index < -0.39 is 11.5 Å². The molecule has 0 unspecified atom stereocenters. The molecule has 2 N–H and O–H groups in total. The van der Waals surface area contributed by atoms with Crippen molar-refractivity contribution in [2.45, 2.75) is 81.8 Å². The molecule has 2 fully saturated rings. The van der Waals surface area contributed by atoms with Crippen LogP contribution in [0.1, 0.15) is 86.6 Å². The first-order chi connectivity index (χ1) is 23.2. The Labute approximate surface area is 281 Å². The maximum Gasteiger partial charge on any atom is 0.370 e. The van der Waals surface area contributed by atoms with Gasteiger partial charge in [0.05, 0.1) is 6.04 Å². The number of aromatic nitrogens is 1. The van der Waals surface area contributed by atoms with Crippen molar-refractivity contribution in [2.24, 2.45) is 10.1 Å². The third-order valence-corrected chi connectivity index (χ3v) is 9.79. The highest BCUT2D eigenvalue weighted by Crippen LogP contribution is 2.40. The Morgan fingerprint density at radius 3 is 1.85 bits per heavy atom. The number of aliphatic imine (C=N–C) groups is 1. The minimum absolute atomic E-state index is 0.0108. The van der Waals surface area contributed by atoms with Gasteiger partial charge in [-0.15, -0.1) is 11.3 Å². The van der Waals surface area contributed by atoms with Gasteiger partial charge in [-0.25, -0.2) is 14.8 Å². The van der Waals surface area contributed by atoms with Gasteiger partial charge in [-0.05, 0) is 42.4 Å². The lowest BCUT2D eigenvalue weighted by atomic mass is 9.77. The zero-order chi connectivity index (χ0) is 32.3. The maximum atomic E-state index is 13.8. The van der Waals surface area contributed by atoms with Gasteiger partial charge in [0.2, 0.25) is 5.71 Å². The summed E-state index contributed by atoms with van der Waals surface area (Å²) in [5.74, 6) is -0.651. The second kappa shape index (κ2) is 15.9. The third kappa shape index (κ3) is 7.91. The van der Waals surface area contributed by atoms with E-state index in [-0.39, 0.29) is 23.8 Å². The van der Waals surface area contributed by atoms with Crippen molar-refractivity contribution < 1.29 is 14.4 Å². The lowest BCUT2D eigenvalue weighted by molar-refractivity contribution is -0.128. The summed E-state index contributed by atoms with van der Waals surface area (Å²) in [6.07, 6.45) is 11.1. The number of benzene rings is 3. The summed E-state index contributed by atoms with van der Waals surface area (Å²) in [5, 5.41) is 13.7. The summed E-state index contributed by atoms with van der Waals surface area (Å²) in [7, 11) is 1.42. The predicted molar refractivity (Wildman–Crippen MR) is 189 cm³/mol. The summed E-state index contributed by atoms with van der Waals surface area (Å²) >= 11 is 1.40. The number of amidine groups is 1. The summed E-state index contributed by atoms with van der Waals surface area (Å²) in [6.45, 7) is 0. The molecule has 1 heterocycles. The van der Waals surface area contributed by atoms with E-state index in [1.54, 1.807) is 5.38 Å². The summed E-state index contributed by atoms with van der Waals surface area (Å²) < 4.78 is 5.98. The predicted octanol–water partition coefficient (Wildman–Crippen LogP) is 8.05. The average Bonchev–Trinajstić information content (AvgIpc) is 3.59. The van der Waals surface area contributed by atoms with Crippen LogP contribution >= 0.6 is 11.3 Å². The summed E-state index contributed by atoms with van der Waals surface area (Å²) in [4.78, 5) is 28.7. The molecule has 0 atom stereocenters. The lowest BCUT2D eigenvalue weighted by Crippen LogP contribution is -2.40. The molecule has 0 bridgehead atoms. The molecule has 0 amide bonds. The molecule has 0 saturated heterocycles. The molecule has 4 aromatic rings. The van der Waals surface area contributed by atoms with E-state index in [0.29, 0.717) is 10.8 Å². The van der Waals surface area contributed by atoms with Crippen molar-refractivity contribution in [3.63, 3.8) is 0 Å². The van der Waals surface area contributed by atoms with E-state index in [1.165, 1.54) is 31.3 Å². The second-order valence-electron chi connectivity index (χ2n) is 12.2. The summed E-state index contributed by atoms with van der Waals surface area (Å²) in [5.41, 5.74) is 2.75. The lowest BCUT2D eigenvalue weighted by Gasteiger charge is -2.36. The highest BCUT2D eigenvalue weighted by molar-refractivity contribution is 7.14. The van der Waals surface area contributed by atoms with Crippen molar-refractivity contribution in [3.05, 3.63) is 119 Å². The fraction of sp³-hybridized carbons (Fsp3) is 0.368. The molecule has 0 radical (unpaired) electrons.